The molecule has 0 unspecified atom stereocenters. The fraction of sp³-hybridized carbons (Fsp3) is 0. The first-order valence-electron chi connectivity index (χ1n) is 23.4. The van der Waals surface area contributed by atoms with E-state index in [1.54, 1.807) is 0 Å². The van der Waals surface area contributed by atoms with Gasteiger partial charge >= 0.3 is 0 Å². The van der Waals surface area contributed by atoms with Crippen LogP contribution < -0.4 is 0 Å². The molecule has 0 spiro atoms. The molecule has 0 radical (unpaired) electrons. The zero-order chi connectivity index (χ0) is 45.4. The van der Waals surface area contributed by atoms with Gasteiger partial charge in [-0.15, -0.1) is 0 Å². The van der Waals surface area contributed by atoms with E-state index in [0.717, 1.165) is 105 Å². The summed E-state index contributed by atoms with van der Waals surface area (Å²) in [5.74, 6) is 0. The summed E-state index contributed by atoms with van der Waals surface area (Å²) < 4.78 is 15.3. The second-order valence-corrected chi connectivity index (χ2v) is 17.9. The molecule has 0 amide bonds. The van der Waals surface area contributed by atoms with E-state index in [2.05, 4.69) is 235 Å². The van der Waals surface area contributed by atoms with Gasteiger partial charge < -0.3 is 13.4 Å². The molecule has 0 N–H and O–H groups in total. The molecule has 0 fully saturated rings. The normalized spacial score (nSPS) is 11.8. The monoisotopic (exact) mass is 880 g/mol. The molecular formula is C65H40N2O2. The van der Waals surface area contributed by atoms with Gasteiger partial charge in [0.15, 0.2) is 0 Å². The summed E-state index contributed by atoms with van der Waals surface area (Å²) in [6, 6.07) is 86.3. The second kappa shape index (κ2) is 15.7. The van der Waals surface area contributed by atoms with Crippen molar-refractivity contribution in [2.75, 3.05) is 0 Å². The van der Waals surface area contributed by atoms with E-state index in [0.29, 0.717) is 0 Å². The number of furan rings is 2. The molecule has 0 atom stereocenters. The Morgan fingerprint density at radius 1 is 0.275 bits per heavy atom. The fourth-order valence-corrected chi connectivity index (χ4v) is 10.5. The standard InChI is InChI=1S/C65H40N2O2/c1-3-14-41(15-4-1)49-38-57(48-28-31-53-52-23-8-10-26-61(52)69-64(53)40-48)66-58(39-49)54-24-13-27-63-65(54)56-37-47(30-33-62(56)68-63)45-19-12-17-43(35-45)42-16-11-18-44(34-42)46-29-32-60-55(36-46)51-22-7-9-25-59(51)67(60)50-20-5-2-6-21-50/h1-40H. The van der Waals surface area contributed by atoms with Crippen molar-refractivity contribution in [1.29, 1.82) is 0 Å². The van der Waals surface area contributed by atoms with E-state index >= 15 is 0 Å². The highest BCUT2D eigenvalue weighted by Gasteiger charge is 2.19. The number of rotatable bonds is 7. The molecule has 0 aliphatic heterocycles. The molecule has 4 aromatic heterocycles. The number of aromatic nitrogens is 2. The maximum atomic E-state index is 6.59. The Balaban J connectivity index is 0.849. The predicted octanol–water partition coefficient (Wildman–Crippen LogP) is 18.0. The van der Waals surface area contributed by atoms with Gasteiger partial charge in [-0.05, 0) is 136 Å². The van der Waals surface area contributed by atoms with Crippen molar-refractivity contribution in [2.24, 2.45) is 0 Å². The lowest BCUT2D eigenvalue weighted by molar-refractivity contribution is 0.668. The van der Waals surface area contributed by atoms with E-state index in [9.17, 15) is 0 Å². The van der Waals surface area contributed by atoms with E-state index in [1.165, 1.54) is 32.9 Å². The predicted molar refractivity (Wildman–Crippen MR) is 286 cm³/mol. The Hall–Kier alpha value is -9.25. The van der Waals surface area contributed by atoms with E-state index < -0.39 is 0 Å². The number of hydrogen-bond acceptors (Lipinski definition) is 3. The smallest absolute Gasteiger partial charge is 0.136 e. The van der Waals surface area contributed by atoms with Crippen molar-refractivity contribution in [3.63, 3.8) is 0 Å². The van der Waals surface area contributed by atoms with Gasteiger partial charge in [-0.25, -0.2) is 4.98 Å². The molecule has 322 valence electrons. The molecule has 0 saturated carbocycles. The SMILES string of the molecule is c1ccc(-c2cc(-c3ccc4c(c3)oc3ccccc34)nc(-c3cccc4oc5ccc(-c6cccc(-c7cccc(-c8ccc9c(c8)c8ccccc8n9-c8ccccc8)c7)c6)cc5c34)c2)cc1. The molecule has 0 aliphatic carbocycles. The molecule has 0 saturated heterocycles. The Bertz CT molecular complexity index is 4310. The minimum atomic E-state index is 0.824. The minimum Gasteiger partial charge on any atom is -0.456 e. The zero-order valence-electron chi connectivity index (χ0n) is 37.3. The summed E-state index contributed by atoms with van der Waals surface area (Å²) in [5, 5.41) is 6.78. The maximum Gasteiger partial charge on any atom is 0.136 e. The van der Waals surface area contributed by atoms with E-state index in [1.807, 2.05) is 12.1 Å². The van der Waals surface area contributed by atoms with E-state index in [-0.39, 0.29) is 0 Å². The zero-order valence-corrected chi connectivity index (χ0v) is 37.3. The summed E-state index contributed by atoms with van der Waals surface area (Å²) in [6.07, 6.45) is 0. The number of para-hydroxylation sites is 3. The lowest BCUT2D eigenvalue weighted by atomic mass is 9.94. The minimum absolute atomic E-state index is 0.824. The van der Waals surface area contributed by atoms with Gasteiger partial charge in [0.25, 0.3) is 0 Å². The van der Waals surface area contributed by atoms with Crippen LogP contribution in [0.4, 0.5) is 0 Å². The van der Waals surface area contributed by atoms with Crippen molar-refractivity contribution in [3.8, 4) is 72.7 Å². The average Bonchev–Trinajstić information content (AvgIpc) is 4.10. The van der Waals surface area contributed by atoms with Gasteiger partial charge in [0, 0.05) is 49.1 Å². The van der Waals surface area contributed by atoms with Gasteiger partial charge in [0.05, 0.1) is 22.4 Å². The van der Waals surface area contributed by atoms with Gasteiger partial charge in [0.1, 0.15) is 22.3 Å². The van der Waals surface area contributed by atoms with E-state index in [4.69, 9.17) is 13.8 Å². The van der Waals surface area contributed by atoms with Crippen molar-refractivity contribution in [2.45, 2.75) is 0 Å². The van der Waals surface area contributed by atoms with Crippen LogP contribution in [0.1, 0.15) is 0 Å². The molecule has 14 rings (SSSR count). The molecule has 0 bridgehead atoms. The fourth-order valence-electron chi connectivity index (χ4n) is 10.5. The topological polar surface area (TPSA) is 44.1 Å². The summed E-state index contributed by atoms with van der Waals surface area (Å²) >= 11 is 0. The van der Waals surface area contributed by atoms with Gasteiger partial charge in [-0.2, -0.15) is 0 Å². The maximum absolute atomic E-state index is 6.59. The Labute approximate surface area is 397 Å². The molecule has 14 aromatic rings. The molecule has 4 heteroatoms. The van der Waals surface area contributed by atoms with Crippen LogP contribution in [0.2, 0.25) is 0 Å². The van der Waals surface area contributed by atoms with Crippen LogP contribution in [-0.2, 0) is 0 Å². The number of fused-ring (bicyclic) bond motifs is 9. The quantitative estimate of drug-likeness (QED) is 0.160. The molecule has 10 aromatic carbocycles. The highest BCUT2D eigenvalue weighted by atomic mass is 16.3. The summed E-state index contributed by atoms with van der Waals surface area (Å²) in [5.41, 5.74) is 19.8. The lowest BCUT2D eigenvalue weighted by Gasteiger charge is -2.11. The average molecular weight is 881 g/mol. The van der Waals surface area contributed by atoms with Crippen LogP contribution in [-0.4, -0.2) is 9.55 Å². The van der Waals surface area contributed by atoms with Gasteiger partial charge in [-0.3, -0.25) is 0 Å². The van der Waals surface area contributed by atoms with Crippen molar-refractivity contribution >= 4 is 65.7 Å². The Morgan fingerprint density at radius 2 is 0.812 bits per heavy atom. The Kier molecular flexibility index (Phi) is 8.86. The third-order valence-corrected chi connectivity index (χ3v) is 13.8. The van der Waals surface area contributed by atoms with Crippen LogP contribution in [0.3, 0.4) is 0 Å². The highest BCUT2D eigenvalue weighted by Crippen LogP contribution is 2.42. The van der Waals surface area contributed by atoms with Crippen LogP contribution in [0.25, 0.3) is 138 Å². The lowest BCUT2D eigenvalue weighted by Crippen LogP contribution is -1.92. The van der Waals surface area contributed by atoms with Gasteiger partial charge in [-0.1, -0.05) is 152 Å². The van der Waals surface area contributed by atoms with Crippen LogP contribution in [0, 0.1) is 0 Å². The van der Waals surface area contributed by atoms with Crippen LogP contribution in [0.15, 0.2) is 251 Å². The molecule has 69 heavy (non-hydrogen) atoms. The number of hydrogen-bond donors (Lipinski definition) is 0. The highest BCUT2D eigenvalue weighted by molar-refractivity contribution is 6.14. The first-order chi connectivity index (χ1) is 34.2. The summed E-state index contributed by atoms with van der Waals surface area (Å²) in [6.45, 7) is 0. The number of nitrogens with zero attached hydrogens (tertiary/aromatic N) is 2. The molecular weight excluding hydrogens is 841 g/mol. The third kappa shape index (κ3) is 6.57. The number of pyridine rings is 1. The van der Waals surface area contributed by atoms with Crippen LogP contribution >= 0.6 is 0 Å². The van der Waals surface area contributed by atoms with Crippen molar-refractivity contribution in [3.05, 3.63) is 243 Å². The largest absolute Gasteiger partial charge is 0.456 e. The second-order valence-electron chi connectivity index (χ2n) is 17.9. The van der Waals surface area contributed by atoms with Gasteiger partial charge in [0.2, 0.25) is 0 Å². The summed E-state index contributed by atoms with van der Waals surface area (Å²) in [7, 11) is 0. The van der Waals surface area contributed by atoms with Crippen molar-refractivity contribution in [1.82, 2.24) is 9.55 Å². The van der Waals surface area contributed by atoms with Crippen LogP contribution in [0.5, 0.6) is 0 Å². The summed E-state index contributed by atoms with van der Waals surface area (Å²) in [4.78, 5) is 5.41. The molecule has 4 heterocycles. The Morgan fingerprint density at radius 3 is 1.59 bits per heavy atom. The molecule has 4 nitrogen and oxygen atoms in total. The third-order valence-electron chi connectivity index (χ3n) is 13.8. The van der Waals surface area contributed by atoms with Crippen molar-refractivity contribution < 1.29 is 8.83 Å². The first kappa shape index (κ1) is 39.0. The molecule has 0 aliphatic rings. The number of benzene rings is 10. The first-order valence-corrected chi connectivity index (χ1v) is 23.4.